The van der Waals surface area contributed by atoms with Crippen molar-refractivity contribution in [3.05, 3.63) is 33.7 Å². The predicted molar refractivity (Wildman–Crippen MR) is 45.8 cm³/mol. The van der Waals surface area contributed by atoms with Crippen LogP contribution in [0.4, 0.5) is 0 Å². The molecule has 60 valence electrons. The third-order valence-electron chi connectivity index (χ3n) is 1.69. The van der Waals surface area contributed by atoms with Gasteiger partial charge in [-0.1, -0.05) is 13.3 Å². The van der Waals surface area contributed by atoms with Gasteiger partial charge in [0.05, 0.1) is 0 Å². The normalized spacial score (nSPS) is 10.0. The van der Waals surface area contributed by atoms with Gasteiger partial charge < -0.3 is 4.98 Å². The second kappa shape index (κ2) is 3.37. The summed E-state index contributed by atoms with van der Waals surface area (Å²) in [6.45, 7) is 3.96. The second-order valence-electron chi connectivity index (χ2n) is 2.77. The molecule has 0 spiro atoms. The largest absolute Gasteiger partial charge is 0.329 e. The Morgan fingerprint density at radius 2 is 2.27 bits per heavy atom. The van der Waals surface area contributed by atoms with Crippen molar-refractivity contribution in [1.29, 1.82) is 0 Å². The van der Waals surface area contributed by atoms with E-state index in [1.165, 1.54) is 5.56 Å². The zero-order chi connectivity index (χ0) is 8.27. The minimum absolute atomic E-state index is 0.0184. The Labute approximate surface area is 66.3 Å². The molecule has 1 aromatic heterocycles. The summed E-state index contributed by atoms with van der Waals surface area (Å²) in [6.07, 6.45) is 3.95. The van der Waals surface area contributed by atoms with Crippen LogP contribution in [0.15, 0.2) is 17.1 Å². The van der Waals surface area contributed by atoms with Crippen LogP contribution in [0, 0.1) is 6.92 Å². The van der Waals surface area contributed by atoms with Crippen LogP contribution in [0.2, 0.25) is 0 Å². The molecule has 0 unspecified atom stereocenters. The molecule has 1 N–H and O–H groups in total. The van der Waals surface area contributed by atoms with Gasteiger partial charge in [-0.15, -0.1) is 0 Å². The average Bonchev–Trinajstić information content (AvgIpc) is 1.98. The summed E-state index contributed by atoms with van der Waals surface area (Å²) in [5.74, 6) is 0. The maximum absolute atomic E-state index is 10.9. The van der Waals surface area contributed by atoms with Crippen molar-refractivity contribution in [2.45, 2.75) is 26.7 Å². The van der Waals surface area contributed by atoms with E-state index in [0.717, 1.165) is 18.4 Å². The molecule has 1 heterocycles. The van der Waals surface area contributed by atoms with E-state index in [1.807, 2.05) is 13.0 Å². The summed E-state index contributed by atoms with van der Waals surface area (Å²) >= 11 is 0. The van der Waals surface area contributed by atoms with E-state index in [2.05, 4.69) is 11.9 Å². The summed E-state index contributed by atoms with van der Waals surface area (Å²) in [4.78, 5) is 13.6. The van der Waals surface area contributed by atoms with Crippen molar-refractivity contribution >= 4 is 0 Å². The zero-order valence-corrected chi connectivity index (χ0v) is 6.98. The highest BCUT2D eigenvalue weighted by Crippen LogP contribution is 2.00. The smallest absolute Gasteiger partial charge is 0.250 e. The molecule has 0 saturated heterocycles. The minimum Gasteiger partial charge on any atom is -0.329 e. The van der Waals surface area contributed by atoms with E-state index in [-0.39, 0.29) is 5.56 Å². The van der Waals surface area contributed by atoms with Crippen molar-refractivity contribution in [3.63, 3.8) is 0 Å². The quantitative estimate of drug-likeness (QED) is 0.684. The molecular weight excluding hydrogens is 138 g/mol. The van der Waals surface area contributed by atoms with Crippen LogP contribution in [0.25, 0.3) is 0 Å². The van der Waals surface area contributed by atoms with Crippen LogP contribution < -0.4 is 5.56 Å². The van der Waals surface area contributed by atoms with E-state index in [1.54, 1.807) is 6.20 Å². The lowest BCUT2D eigenvalue weighted by atomic mass is 10.1. The molecule has 2 nitrogen and oxygen atoms in total. The summed E-state index contributed by atoms with van der Waals surface area (Å²) in [6, 6.07) is 1.95. The number of aromatic amines is 1. The Bertz CT molecular complexity index is 288. The van der Waals surface area contributed by atoms with Crippen LogP contribution >= 0.6 is 0 Å². The molecule has 0 aromatic carbocycles. The lowest BCUT2D eigenvalue weighted by Crippen LogP contribution is -2.08. The maximum Gasteiger partial charge on any atom is 0.250 e. The Morgan fingerprint density at radius 1 is 1.55 bits per heavy atom. The maximum atomic E-state index is 10.9. The van der Waals surface area contributed by atoms with Crippen molar-refractivity contribution in [3.8, 4) is 0 Å². The number of rotatable bonds is 2. The molecule has 1 aromatic rings. The fraction of sp³-hybridized carbons (Fsp3) is 0.444. The molecular formula is C9H13NO. The van der Waals surface area contributed by atoms with E-state index >= 15 is 0 Å². The average molecular weight is 151 g/mol. The van der Waals surface area contributed by atoms with Gasteiger partial charge in [-0.05, 0) is 25.0 Å². The van der Waals surface area contributed by atoms with E-state index in [0.29, 0.717) is 0 Å². The van der Waals surface area contributed by atoms with Crippen LogP contribution in [0.3, 0.4) is 0 Å². The molecule has 0 amide bonds. The van der Waals surface area contributed by atoms with Gasteiger partial charge in [0, 0.05) is 11.8 Å². The van der Waals surface area contributed by atoms with Gasteiger partial charge >= 0.3 is 0 Å². The Morgan fingerprint density at radius 3 is 2.82 bits per heavy atom. The van der Waals surface area contributed by atoms with Gasteiger partial charge in [-0.25, -0.2) is 0 Å². The molecule has 2 heteroatoms. The number of pyridine rings is 1. The molecule has 0 atom stereocenters. The number of hydrogen-bond donors (Lipinski definition) is 1. The summed E-state index contributed by atoms with van der Waals surface area (Å²) < 4.78 is 0. The van der Waals surface area contributed by atoms with E-state index in [9.17, 15) is 4.79 Å². The highest BCUT2D eigenvalue weighted by Gasteiger charge is 1.94. The fourth-order valence-corrected chi connectivity index (χ4v) is 1.09. The monoisotopic (exact) mass is 151 g/mol. The van der Waals surface area contributed by atoms with Crippen molar-refractivity contribution < 1.29 is 0 Å². The summed E-state index contributed by atoms with van der Waals surface area (Å²) in [5, 5.41) is 0. The molecule has 0 bridgehead atoms. The van der Waals surface area contributed by atoms with Gasteiger partial charge in [0.25, 0.3) is 5.56 Å². The highest BCUT2D eigenvalue weighted by molar-refractivity contribution is 5.16. The van der Waals surface area contributed by atoms with Gasteiger partial charge in [-0.3, -0.25) is 4.79 Å². The lowest BCUT2D eigenvalue weighted by Gasteiger charge is -1.97. The number of H-pyrrole nitrogens is 1. The lowest BCUT2D eigenvalue weighted by molar-refractivity contribution is 0.907. The van der Waals surface area contributed by atoms with Crippen LogP contribution in [0.5, 0.6) is 0 Å². The third kappa shape index (κ3) is 1.93. The molecule has 11 heavy (non-hydrogen) atoms. The standard InChI is InChI=1S/C9H13NO/c1-3-4-8-5-7(2)9(11)10-6-8/h5-6H,3-4H2,1-2H3,(H,10,11). The first-order chi connectivity index (χ1) is 5.24. The van der Waals surface area contributed by atoms with Gasteiger partial charge in [0.1, 0.15) is 0 Å². The Kier molecular flexibility index (Phi) is 2.47. The fourth-order valence-electron chi connectivity index (χ4n) is 1.09. The summed E-state index contributed by atoms with van der Waals surface area (Å²) in [5.41, 5.74) is 2.03. The molecule has 1 rings (SSSR count). The third-order valence-corrected chi connectivity index (χ3v) is 1.69. The molecule has 0 fully saturated rings. The first kappa shape index (κ1) is 8.05. The zero-order valence-electron chi connectivity index (χ0n) is 6.98. The predicted octanol–water partition coefficient (Wildman–Crippen LogP) is 1.64. The molecule has 0 saturated carbocycles. The van der Waals surface area contributed by atoms with E-state index in [4.69, 9.17) is 0 Å². The van der Waals surface area contributed by atoms with Gasteiger partial charge in [0.15, 0.2) is 0 Å². The van der Waals surface area contributed by atoms with Crippen molar-refractivity contribution in [2.75, 3.05) is 0 Å². The van der Waals surface area contributed by atoms with E-state index < -0.39 is 0 Å². The van der Waals surface area contributed by atoms with Gasteiger partial charge in [0.2, 0.25) is 0 Å². The van der Waals surface area contributed by atoms with Crippen LogP contribution in [-0.2, 0) is 6.42 Å². The number of aryl methyl sites for hydroxylation is 2. The number of aromatic nitrogens is 1. The molecule has 0 aliphatic carbocycles. The first-order valence-corrected chi connectivity index (χ1v) is 3.92. The SMILES string of the molecule is CCCc1c[nH]c(=O)c(C)c1. The number of hydrogen-bond acceptors (Lipinski definition) is 1. The molecule has 0 aliphatic heterocycles. The molecule has 0 aliphatic rings. The van der Waals surface area contributed by atoms with Crippen LogP contribution in [0.1, 0.15) is 24.5 Å². The van der Waals surface area contributed by atoms with Crippen molar-refractivity contribution in [1.82, 2.24) is 4.98 Å². The molecule has 0 radical (unpaired) electrons. The minimum atomic E-state index is 0.0184. The summed E-state index contributed by atoms with van der Waals surface area (Å²) in [7, 11) is 0. The highest BCUT2D eigenvalue weighted by atomic mass is 16.1. The number of nitrogens with one attached hydrogen (secondary N) is 1. The first-order valence-electron chi connectivity index (χ1n) is 3.92. The van der Waals surface area contributed by atoms with Gasteiger partial charge in [-0.2, -0.15) is 0 Å². The topological polar surface area (TPSA) is 32.9 Å². The Balaban J connectivity index is 2.96. The second-order valence-corrected chi connectivity index (χ2v) is 2.77. The van der Waals surface area contributed by atoms with Crippen LogP contribution in [-0.4, -0.2) is 4.98 Å². The van der Waals surface area contributed by atoms with Crippen molar-refractivity contribution in [2.24, 2.45) is 0 Å². The Hall–Kier alpha value is -1.05.